The molecule has 0 atom stereocenters. The highest BCUT2D eigenvalue weighted by Gasteiger charge is 2.09. The Hall–Kier alpha value is 0.01000. The zero-order chi connectivity index (χ0) is 11.3. The summed E-state index contributed by atoms with van der Waals surface area (Å²) in [7, 11) is 1.91. The Morgan fingerprint density at radius 3 is 2.50 bits per heavy atom. The third-order valence-corrected chi connectivity index (χ3v) is 3.14. The number of rotatable bonds is 5. The van der Waals surface area contributed by atoms with Crippen molar-refractivity contribution in [2.24, 2.45) is 0 Å². The Kier molecular flexibility index (Phi) is 8.16. The lowest BCUT2D eigenvalue weighted by Gasteiger charge is -2.11. The minimum absolute atomic E-state index is 0. The molecule has 1 aromatic carbocycles. The first-order valence-corrected chi connectivity index (χ1v) is 5.67. The van der Waals surface area contributed by atoms with Crippen LogP contribution >= 0.6 is 35.6 Å². The first-order chi connectivity index (χ1) is 7.20. The monoisotopic (exact) mass is 283 g/mol. The number of likely N-dealkylation sites (N-methyl/N-ethyl adjacent to an activating group) is 1. The fraction of sp³-hybridized carbons (Fsp3) is 0.455. The standard InChI is InChI=1S/C11H15Cl2NO.ClH/c1-14-6-4-8-2-3-10(12)11(13)9(8)5-7-15;/h2-3,14-15H,4-7H2,1H3;1H. The molecule has 0 aliphatic rings. The van der Waals surface area contributed by atoms with Gasteiger partial charge in [-0.2, -0.15) is 0 Å². The van der Waals surface area contributed by atoms with E-state index >= 15 is 0 Å². The van der Waals surface area contributed by atoms with Gasteiger partial charge >= 0.3 is 0 Å². The first-order valence-electron chi connectivity index (χ1n) is 4.92. The normalized spacial score (nSPS) is 10.0. The summed E-state index contributed by atoms with van der Waals surface area (Å²) in [5.41, 5.74) is 2.11. The van der Waals surface area contributed by atoms with Crippen molar-refractivity contribution in [3.8, 4) is 0 Å². The fourth-order valence-corrected chi connectivity index (χ4v) is 1.96. The maximum absolute atomic E-state index is 8.97. The molecular formula is C11H16Cl3NO. The van der Waals surface area contributed by atoms with E-state index in [1.54, 1.807) is 6.07 Å². The van der Waals surface area contributed by atoms with Crippen LogP contribution in [0.1, 0.15) is 11.1 Å². The molecule has 5 heteroatoms. The second-order valence-electron chi connectivity index (χ2n) is 3.33. The van der Waals surface area contributed by atoms with Crippen molar-refractivity contribution >= 4 is 35.6 Å². The molecule has 1 rings (SSSR count). The summed E-state index contributed by atoms with van der Waals surface area (Å²) in [5, 5.41) is 13.2. The van der Waals surface area contributed by atoms with E-state index in [2.05, 4.69) is 5.32 Å². The van der Waals surface area contributed by atoms with Gasteiger partial charge in [-0.15, -0.1) is 12.4 Å². The lowest BCUT2D eigenvalue weighted by molar-refractivity contribution is 0.299. The van der Waals surface area contributed by atoms with E-state index in [4.69, 9.17) is 28.3 Å². The molecule has 0 aliphatic heterocycles. The van der Waals surface area contributed by atoms with Gasteiger partial charge in [-0.3, -0.25) is 0 Å². The van der Waals surface area contributed by atoms with Gasteiger partial charge in [0.15, 0.2) is 0 Å². The molecule has 0 radical (unpaired) electrons. The second-order valence-corrected chi connectivity index (χ2v) is 4.11. The molecule has 1 aromatic rings. The van der Waals surface area contributed by atoms with Crippen LogP contribution in [0, 0.1) is 0 Å². The average molecular weight is 285 g/mol. The van der Waals surface area contributed by atoms with E-state index in [9.17, 15) is 0 Å². The molecule has 2 nitrogen and oxygen atoms in total. The Morgan fingerprint density at radius 1 is 1.25 bits per heavy atom. The van der Waals surface area contributed by atoms with Crippen LogP contribution in [0.25, 0.3) is 0 Å². The fourth-order valence-electron chi connectivity index (χ4n) is 1.51. The lowest BCUT2D eigenvalue weighted by atomic mass is 10.0. The second kappa shape index (κ2) is 8.15. The predicted molar refractivity (Wildman–Crippen MR) is 72.1 cm³/mol. The van der Waals surface area contributed by atoms with E-state index in [1.807, 2.05) is 13.1 Å². The molecule has 0 saturated carbocycles. The minimum atomic E-state index is 0. The molecule has 0 aromatic heterocycles. The van der Waals surface area contributed by atoms with Crippen LogP contribution in [0.4, 0.5) is 0 Å². The Labute approximate surface area is 112 Å². The zero-order valence-corrected chi connectivity index (χ0v) is 11.4. The van der Waals surface area contributed by atoms with Crippen LogP contribution in [-0.2, 0) is 12.8 Å². The zero-order valence-electron chi connectivity index (χ0n) is 9.09. The quantitative estimate of drug-likeness (QED) is 0.871. The maximum Gasteiger partial charge on any atom is 0.0627 e. The summed E-state index contributed by atoms with van der Waals surface area (Å²) >= 11 is 12.0. The smallest absolute Gasteiger partial charge is 0.0627 e. The summed E-state index contributed by atoms with van der Waals surface area (Å²) in [5.74, 6) is 0. The summed E-state index contributed by atoms with van der Waals surface area (Å²) in [6.07, 6.45) is 1.45. The van der Waals surface area contributed by atoms with Crippen LogP contribution in [0.3, 0.4) is 0 Å². The molecule has 0 spiro atoms. The molecule has 0 amide bonds. The van der Waals surface area contributed by atoms with Crippen molar-refractivity contribution in [3.63, 3.8) is 0 Å². The Bertz CT molecular complexity index is 331. The SMILES string of the molecule is CNCCc1ccc(Cl)c(Cl)c1CCO.Cl. The van der Waals surface area contributed by atoms with E-state index in [0.29, 0.717) is 16.5 Å². The van der Waals surface area contributed by atoms with Crippen LogP contribution in [0.2, 0.25) is 10.0 Å². The van der Waals surface area contributed by atoms with Gasteiger partial charge in [0.2, 0.25) is 0 Å². The summed E-state index contributed by atoms with van der Waals surface area (Å²) in [6, 6.07) is 3.77. The van der Waals surface area contributed by atoms with Gasteiger partial charge < -0.3 is 10.4 Å². The highest BCUT2D eigenvalue weighted by molar-refractivity contribution is 6.42. The molecule has 16 heavy (non-hydrogen) atoms. The summed E-state index contributed by atoms with van der Waals surface area (Å²) in [6.45, 7) is 0.975. The van der Waals surface area contributed by atoms with Crippen LogP contribution in [0.5, 0.6) is 0 Å². The van der Waals surface area contributed by atoms with Gasteiger partial charge in [-0.25, -0.2) is 0 Å². The molecule has 0 saturated heterocycles. The molecule has 0 unspecified atom stereocenters. The number of aliphatic hydroxyl groups excluding tert-OH is 1. The lowest BCUT2D eigenvalue weighted by Crippen LogP contribution is -2.12. The molecular weight excluding hydrogens is 268 g/mol. The van der Waals surface area contributed by atoms with Gasteiger partial charge in [0.1, 0.15) is 0 Å². The molecule has 92 valence electrons. The number of nitrogens with one attached hydrogen (secondary N) is 1. The van der Waals surface area contributed by atoms with Crippen molar-refractivity contribution in [1.82, 2.24) is 5.32 Å². The van der Waals surface area contributed by atoms with Crippen molar-refractivity contribution in [3.05, 3.63) is 33.3 Å². The highest BCUT2D eigenvalue weighted by atomic mass is 35.5. The van der Waals surface area contributed by atoms with E-state index in [-0.39, 0.29) is 19.0 Å². The molecule has 2 N–H and O–H groups in total. The van der Waals surface area contributed by atoms with Gasteiger partial charge in [-0.05, 0) is 43.6 Å². The Morgan fingerprint density at radius 2 is 1.94 bits per heavy atom. The average Bonchev–Trinajstić information content (AvgIpc) is 2.24. The number of aliphatic hydroxyl groups is 1. The van der Waals surface area contributed by atoms with Crippen molar-refractivity contribution in [2.75, 3.05) is 20.2 Å². The third-order valence-electron chi connectivity index (χ3n) is 2.30. The van der Waals surface area contributed by atoms with Crippen LogP contribution in [-0.4, -0.2) is 25.3 Å². The number of benzene rings is 1. The highest BCUT2D eigenvalue weighted by Crippen LogP contribution is 2.29. The number of hydrogen-bond donors (Lipinski definition) is 2. The Balaban J connectivity index is 0.00000225. The summed E-state index contributed by atoms with van der Waals surface area (Å²) in [4.78, 5) is 0. The summed E-state index contributed by atoms with van der Waals surface area (Å²) < 4.78 is 0. The molecule has 0 aliphatic carbocycles. The van der Waals surface area contributed by atoms with Gasteiger partial charge in [0, 0.05) is 6.61 Å². The molecule has 0 bridgehead atoms. The van der Waals surface area contributed by atoms with E-state index in [0.717, 1.165) is 24.1 Å². The number of halogens is 3. The van der Waals surface area contributed by atoms with Crippen molar-refractivity contribution in [2.45, 2.75) is 12.8 Å². The van der Waals surface area contributed by atoms with Crippen molar-refractivity contribution < 1.29 is 5.11 Å². The van der Waals surface area contributed by atoms with E-state index < -0.39 is 0 Å². The number of hydrogen-bond acceptors (Lipinski definition) is 2. The van der Waals surface area contributed by atoms with Gasteiger partial charge in [-0.1, -0.05) is 29.3 Å². The third kappa shape index (κ3) is 4.11. The predicted octanol–water partition coefficient (Wildman–Crippen LogP) is 2.71. The first kappa shape index (κ1) is 16.0. The molecule has 0 heterocycles. The van der Waals surface area contributed by atoms with Crippen molar-refractivity contribution in [1.29, 1.82) is 0 Å². The minimum Gasteiger partial charge on any atom is -0.396 e. The van der Waals surface area contributed by atoms with E-state index in [1.165, 1.54) is 0 Å². The van der Waals surface area contributed by atoms with Gasteiger partial charge in [0.25, 0.3) is 0 Å². The molecule has 0 fully saturated rings. The van der Waals surface area contributed by atoms with Crippen LogP contribution in [0.15, 0.2) is 12.1 Å². The largest absolute Gasteiger partial charge is 0.396 e. The van der Waals surface area contributed by atoms with Gasteiger partial charge in [0.05, 0.1) is 10.0 Å². The van der Waals surface area contributed by atoms with Crippen LogP contribution < -0.4 is 5.32 Å². The topological polar surface area (TPSA) is 32.3 Å². The maximum atomic E-state index is 8.97.